The Hall–Kier alpha value is -4.53. The average Bonchev–Trinajstić information content (AvgIpc) is 3.42. The van der Waals surface area contributed by atoms with E-state index in [4.69, 9.17) is 4.74 Å². The number of nitrogens with zero attached hydrogens (tertiary/aromatic N) is 3. The van der Waals surface area contributed by atoms with Gasteiger partial charge in [0.05, 0.1) is 26.3 Å². The van der Waals surface area contributed by atoms with E-state index < -0.39 is 11.6 Å². The lowest BCUT2D eigenvalue weighted by atomic mass is 10.1. The van der Waals surface area contributed by atoms with E-state index in [1.807, 2.05) is 28.8 Å². The van der Waals surface area contributed by atoms with Crippen molar-refractivity contribution in [2.24, 2.45) is 5.10 Å². The van der Waals surface area contributed by atoms with Gasteiger partial charge in [0, 0.05) is 52.1 Å². The third kappa shape index (κ3) is 4.61. The third-order valence-corrected chi connectivity index (χ3v) is 5.76. The molecule has 0 atom stereocenters. The van der Waals surface area contributed by atoms with E-state index in [1.54, 1.807) is 31.8 Å². The lowest BCUT2D eigenvalue weighted by Crippen LogP contribution is -2.19. The van der Waals surface area contributed by atoms with Gasteiger partial charge >= 0.3 is 0 Å². The Morgan fingerprint density at radius 1 is 1.17 bits per heavy atom. The molecule has 0 spiro atoms. The van der Waals surface area contributed by atoms with E-state index >= 15 is 0 Å². The molecule has 0 radical (unpaired) electrons. The highest BCUT2D eigenvalue weighted by Gasteiger charge is 2.12. The first-order valence-electron chi connectivity index (χ1n) is 10.9. The van der Waals surface area contributed by atoms with Crippen LogP contribution in [0.15, 0.2) is 72.2 Å². The van der Waals surface area contributed by atoms with E-state index in [9.17, 15) is 13.6 Å². The van der Waals surface area contributed by atoms with Crippen molar-refractivity contribution in [1.82, 2.24) is 20.0 Å². The molecule has 9 heteroatoms. The van der Waals surface area contributed by atoms with Crippen molar-refractivity contribution in [3.8, 4) is 5.75 Å². The van der Waals surface area contributed by atoms with Gasteiger partial charge in [-0.3, -0.25) is 4.79 Å². The lowest BCUT2D eigenvalue weighted by Gasteiger charge is -2.07. The van der Waals surface area contributed by atoms with Crippen molar-refractivity contribution in [3.05, 3.63) is 95.4 Å². The molecule has 2 N–H and O–H groups in total. The third-order valence-electron chi connectivity index (χ3n) is 5.76. The second-order valence-corrected chi connectivity index (χ2v) is 8.01. The maximum absolute atomic E-state index is 14.3. The first kappa shape index (κ1) is 22.3. The maximum atomic E-state index is 14.3. The van der Waals surface area contributed by atoms with Crippen molar-refractivity contribution in [3.63, 3.8) is 0 Å². The number of benzene rings is 2. The molecule has 0 aliphatic heterocycles. The van der Waals surface area contributed by atoms with Crippen LogP contribution in [-0.2, 0) is 17.8 Å². The van der Waals surface area contributed by atoms with Crippen LogP contribution in [0.5, 0.6) is 5.75 Å². The Balaban J connectivity index is 1.38. The standard InChI is InChI=1S/C26H21F2N5O2/c1-35-20-6-7-24-22(11-20)18(15-33(24)14-16-4-5-19(27)10-23(16)28)13-31-32-25(34)9-17-12-30-26-21(17)3-2-8-29-26/h2-8,10-13,15H,9,14H2,1H3,(H,29,30)(H,32,34)/b31-13+. The largest absolute Gasteiger partial charge is 0.497 e. The Morgan fingerprint density at radius 2 is 2.06 bits per heavy atom. The van der Waals surface area contributed by atoms with E-state index in [2.05, 4.69) is 20.5 Å². The molecule has 1 amide bonds. The Morgan fingerprint density at radius 3 is 2.89 bits per heavy atom. The summed E-state index contributed by atoms with van der Waals surface area (Å²) in [4.78, 5) is 19.7. The number of ether oxygens (including phenoxy) is 1. The number of pyridine rings is 1. The molecular weight excluding hydrogens is 452 g/mol. The number of halogens is 2. The van der Waals surface area contributed by atoms with Crippen molar-refractivity contribution in [1.29, 1.82) is 0 Å². The number of aromatic amines is 1. The molecule has 5 aromatic rings. The van der Waals surface area contributed by atoms with Gasteiger partial charge in [0.2, 0.25) is 5.91 Å². The lowest BCUT2D eigenvalue weighted by molar-refractivity contribution is -0.120. The molecule has 0 unspecified atom stereocenters. The molecule has 0 saturated heterocycles. The quantitative estimate of drug-likeness (QED) is 0.269. The van der Waals surface area contributed by atoms with Crippen LogP contribution in [0.3, 0.4) is 0 Å². The number of H-pyrrole nitrogens is 1. The van der Waals surface area contributed by atoms with Crippen LogP contribution < -0.4 is 10.2 Å². The number of hydrogen-bond acceptors (Lipinski definition) is 4. The minimum atomic E-state index is -0.624. The fraction of sp³-hybridized carbons (Fsp3) is 0.115. The van der Waals surface area contributed by atoms with E-state index in [1.165, 1.54) is 18.3 Å². The number of rotatable bonds is 7. The van der Waals surface area contributed by atoms with Gasteiger partial charge in [0.25, 0.3) is 0 Å². The number of amides is 1. The number of carbonyl (C=O) groups is 1. The molecule has 0 aliphatic rings. The summed E-state index contributed by atoms with van der Waals surface area (Å²) >= 11 is 0. The highest BCUT2D eigenvalue weighted by Crippen LogP contribution is 2.26. The number of hydrogen-bond donors (Lipinski definition) is 2. The zero-order valence-electron chi connectivity index (χ0n) is 18.8. The zero-order valence-corrected chi connectivity index (χ0v) is 18.8. The van der Waals surface area contributed by atoms with Gasteiger partial charge in [-0.2, -0.15) is 5.10 Å². The molecular formula is C26H21F2N5O2. The fourth-order valence-corrected chi connectivity index (χ4v) is 4.04. The second kappa shape index (κ2) is 9.38. The van der Waals surface area contributed by atoms with Crippen molar-refractivity contribution >= 4 is 34.1 Å². The second-order valence-electron chi connectivity index (χ2n) is 8.01. The first-order valence-corrected chi connectivity index (χ1v) is 10.9. The monoisotopic (exact) mass is 473 g/mol. The number of aromatic nitrogens is 3. The summed E-state index contributed by atoms with van der Waals surface area (Å²) in [5.74, 6) is -0.869. The zero-order chi connectivity index (χ0) is 24.4. The number of fused-ring (bicyclic) bond motifs is 2. The van der Waals surface area contributed by atoms with Gasteiger partial charge in [-0.1, -0.05) is 6.07 Å². The molecule has 3 aromatic heterocycles. The summed E-state index contributed by atoms with van der Waals surface area (Å²) in [5.41, 5.74) is 5.97. The summed E-state index contributed by atoms with van der Waals surface area (Å²) in [6, 6.07) is 12.7. The van der Waals surface area contributed by atoms with E-state index in [-0.39, 0.29) is 18.9 Å². The van der Waals surface area contributed by atoms with Gasteiger partial charge in [0.1, 0.15) is 23.0 Å². The Labute approximate surface area is 199 Å². The molecule has 7 nitrogen and oxygen atoms in total. The van der Waals surface area contributed by atoms with Crippen LogP contribution in [0, 0.1) is 11.6 Å². The Kier molecular flexibility index (Phi) is 5.97. The smallest absolute Gasteiger partial charge is 0.244 e. The van der Waals surface area contributed by atoms with Crippen molar-refractivity contribution < 1.29 is 18.3 Å². The molecule has 0 fully saturated rings. The van der Waals surface area contributed by atoms with Crippen molar-refractivity contribution in [2.45, 2.75) is 13.0 Å². The van der Waals surface area contributed by atoms with Crippen LogP contribution in [0.25, 0.3) is 21.9 Å². The summed E-state index contributed by atoms with van der Waals surface area (Å²) in [6.45, 7) is 0.198. The highest BCUT2D eigenvalue weighted by atomic mass is 19.1. The van der Waals surface area contributed by atoms with Gasteiger partial charge in [0.15, 0.2) is 0 Å². The predicted octanol–water partition coefficient (Wildman–Crippen LogP) is 4.55. The topological polar surface area (TPSA) is 84.3 Å². The highest BCUT2D eigenvalue weighted by molar-refractivity contribution is 6.00. The van der Waals surface area contributed by atoms with Gasteiger partial charge in [-0.15, -0.1) is 0 Å². The van der Waals surface area contributed by atoms with Gasteiger partial charge < -0.3 is 14.3 Å². The fourth-order valence-electron chi connectivity index (χ4n) is 4.04. The van der Waals surface area contributed by atoms with Crippen LogP contribution in [0.2, 0.25) is 0 Å². The number of methoxy groups -OCH3 is 1. The summed E-state index contributed by atoms with van der Waals surface area (Å²) in [7, 11) is 1.57. The summed E-state index contributed by atoms with van der Waals surface area (Å²) in [6.07, 6.45) is 6.92. The summed E-state index contributed by atoms with van der Waals surface area (Å²) < 4.78 is 34.7. The number of carbonyl (C=O) groups excluding carboxylic acids is 1. The molecule has 0 saturated carbocycles. The number of nitrogens with one attached hydrogen (secondary N) is 2. The number of hydrazone groups is 1. The first-order chi connectivity index (χ1) is 17.0. The molecule has 0 aliphatic carbocycles. The Bertz CT molecular complexity index is 1570. The predicted molar refractivity (Wildman–Crippen MR) is 129 cm³/mol. The molecule has 2 aromatic carbocycles. The van der Waals surface area contributed by atoms with Gasteiger partial charge in [-0.25, -0.2) is 19.2 Å². The maximum Gasteiger partial charge on any atom is 0.244 e. The van der Waals surface area contributed by atoms with Crippen molar-refractivity contribution in [2.75, 3.05) is 7.11 Å². The van der Waals surface area contributed by atoms with E-state index in [0.717, 1.165) is 33.6 Å². The normalized spacial score (nSPS) is 11.5. The van der Waals surface area contributed by atoms with Crippen LogP contribution >= 0.6 is 0 Å². The minimum absolute atomic E-state index is 0.141. The minimum Gasteiger partial charge on any atom is -0.497 e. The molecule has 176 valence electrons. The molecule has 3 heterocycles. The summed E-state index contributed by atoms with van der Waals surface area (Å²) in [5, 5.41) is 5.83. The molecule has 35 heavy (non-hydrogen) atoms. The van der Waals surface area contributed by atoms with Crippen LogP contribution in [0.1, 0.15) is 16.7 Å². The van der Waals surface area contributed by atoms with E-state index in [0.29, 0.717) is 16.9 Å². The van der Waals surface area contributed by atoms with Crippen LogP contribution in [0.4, 0.5) is 8.78 Å². The molecule has 5 rings (SSSR count). The van der Waals surface area contributed by atoms with Gasteiger partial charge in [-0.05, 0) is 42.0 Å². The molecule has 0 bridgehead atoms. The van der Waals surface area contributed by atoms with Crippen LogP contribution in [-0.4, -0.2) is 33.8 Å². The SMILES string of the molecule is COc1ccc2c(c1)c(/C=N/NC(=O)Cc1c[nH]c3ncccc13)cn2Cc1ccc(F)cc1F. The average molecular weight is 473 g/mol.